The molecule has 2 rings (SSSR count). The smallest absolute Gasteiger partial charge is 0.292 e. The van der Waals surface area contributed by atoms with E-state index in [1.54, 1.807) is 42.5 Å². The largest absolute Gasteiger partial charge is 0.494 e. The van der Waals surface area contributed by atoms with Crippen molar-refractivity contribution in [1.82, 2.24) is 5.32 Å². The topological polar surface area (TPSA) is 111 Å². The highest BCUT2D eigenvalue weighted by atomic mass is 16.6. The van der Waals surface area contributed by atoms with Crippen LogP contribution in [-0.2, 0) is 4.79 Å². The van der Waals surface area contributed by atoms with Crippen LogP contribution >= 0.6 is 0 Å². The predicted molar refractivity (Wildman–Crippen MR) is 106 cm³/mol. The summed E-state index contributed by atoms with van der Waals surface area (Å²) in [6.45, 7) is 2.64. The van der Waals surface area contributed by atoms with E-state index in [-0.39, 0.29) is 17.4 Å². The molecular weight excluding hydrogens is 362 g/mol. The molecule has 8 heteroatoms. The van der Waals surface area contributed by atoms with Crippen LogP contribution in [0.2, 0.25) is 0 Å². The van der Waals surface area contributed by atoms with E-state index in [1.165, 1.54) is 13.0 Å². The summed E-state index contributed by atoms with van der Waals surface area (Å²) in [6, 6.07) is 13.2. The van der Waals surface area contributed by atoms with E-state index in [0.717, 1.165) is 0 Å². The Labute approximate surface area is 163 Å². The van der Waals surface area contributed by atoms with E-state index in [4.69, 9.17) is 4.74 Å². The van der Waals surface area contributed by atoms with Crippen LogP contribution in [0.1, 0.15) is 30.1 Å². The van der Waals surface area contributed by atoms with Crippen molar-refractivity contribution in [3.05, 3.63) is 64.2 Å². The van der Waals surface area contributed by atoms with E-state index in [9.17, 15) is 19.7 Å². The Balaban J connectivity index is 1.60. The number of carbonyl (C=O) groups is 2. The Hall–Kier alpha value is -3.42. The number of rotatable bonds is 11. The number of ether oxygens (including phenoxy) is 1. The van der Waals surface area contributed by atoms with Crippen LogP contribution in [-0.4, -0.2) is 36.3 Å². The normalized spacial score (nSPS) is 10.2. The van der Waals surface area contributed by atoms with Crippen molar-refractivity contribution in [2.24, 2.45) is 0 Å². The van der Waals surface area contributed by atoms with E-state index in [2.05, 4.69) is 10.6 Å². The van der Waals surface area contributed by atoms with E-state index >= 15 is 0 Å². The van der Waals surface area contributed by atoms with Crippen LogP contribution in [0.15, 0.2) is 48.5 Å². The third-order valence-electron chi connectivity index (χ3n) is 3.94. The molecule has 28 heavy (non-hydrogen) atoms. The number of para-hydroxylation sites is 2. The van der Waals surface area contributed by atoms with Gasteiger partial charge in [-0.25, -0.2) is 0 Å². The van der Waals surface area contributed by atoms with Gasteiger partial charge in [-0.1, -0.05) is 12.1 Å². The van der Waals surface area contributed by atoms with Gasteiger partial charge in [0.25, 0.3) is 5.69 Å². The summed E-state index contributed by atoms with van der Waals surface area (Å²) in [7, 11) is 0. The first-order valence-corrected chi connectivity index (χ1v) is 8.95. The van der Waals surface area contributed by atoms with Gasteiger partial charge in [0.1, 0.15) is 11.4 Å². The molecule has 2 aromatic rings. The van der Waals surface area contributed by atoms with Crippen molar-refractivity contribution in [2.45, 2.75) is 19.8 Å². The Kier molecular flexibility index (Phi) is 7.95. The van der Waals surface area contributed by atoms with Crippen molar-refractivity contribution in [3.8, 4) is 5.75 Å². The molecule has 0 fully saturated rings. The summed E-state index contributed by atoms with van der Waals surface area (Å²) < 4.78 is 5.54. The minimum absolute atomic E-state index is 0.000389. The predicted octanol–water partition coefficient (Wildman–Crippen LogP) is 3.18. The fourth-order valence-corrected chi connectivity index (χ4v) is 2.48. The van der Waals surface area contributed by atoms with Crippen molar-refractivity contribution in [3.63, 3.8) is 0 Å². The first-order valence-electron chi connectivity index (χ1n) is 8.95. The lowest BCUT2D eigenvalue weighted by Crippen LogP contribution is -2.28. The molecule has 0 bridgehead atoms. The van der Waals surface area contributed by atoms with Crippen molar-refractivity contribution in [2.75, 3.05) is 25.0 Å². The number of nitrogens with zero attached hydrogens (tertiary/aromatic N) is 1. The van der Waals surface area contributed by atoms with E-state index in [1.807, 2.05) is 0 Å². The number of amides is 1. The van der Waals surface area contributed by atoms with Crippen LogP contribution in [0.4, 0.5) is 11.4 Å². The van der Waals surface area contributed by atoms with Gasteiger partial charge < -0.3 is 15.4 Å². The Bertz CT molecular complexity index is 821. The van der Waals surface area contributed by atoms with Crippen LogP contribution in [0.5, 0.6) is 5.75 Å². The fourth-order valence-electron chi connectivity index (χ4n) is 2.48. The lowest BCUT2D eigenvalue weighted by Gasteiger charge is -2.09. The Morgan fingerprint density at radius 3 is 2.46 bits per heavy atom. The zero-order chi connectivity index (χ0) is 20.4. The molecule has 0 unspecified atom stereocenters. The quantitative estimate of drug-likeness (QED) is 0.266. The number of Topliss-reactive ketones (excluding diaryl/α,β-unsaturated/α-hetero) is 1. The summed E-state index contributed by atoms with van der Waals surface area (Å²) in [5.74, 6) is 0.540. The summed E-state index contributed by atoms with van der Waals surface area (Å²) in [6.07, 6.45) is 0.870. The van der Waals surface area contributed by atoms with Gasteiger partial charge in [-0.3, -0.25) is 19.7 Å². The first kappa shape index (κ1) is 20.9. The number of carbonyl (C=O) groups excluding carboxylic acids is 2. The highest BCUT2D eigenvalue weighted by molar-refractivity contribution is 5.94. The molecule has 1 amide bonds. The molecule has 0 heterocycles. The van der Waals surface area contributed by atoms with Gasteiger partial charge in [0.2, 0.25) is 5.91 Å². The molecule has 0 aromatic heterocycles. The highest BCUT2D eigenvalue weighted by Gasteiger charge is 2.11. The van der Waals surface area contributed by atoms with Gasteiger partial charge in [0, 0.05) is 31.1 Å². The number of hydrogen-bond acceptors (Lipinski definition) is 6. The standard InChI is InChI=1S/C20H23N3O5/c1-15(24)16-8-10-17(11-9-16)28-14-4-7-20(25)22-13-12-21-18-5-2-3-6-19(18)23(26)27/h2-3,5-6,8-11,21H,4,7,12-14H2,1H3,(H,22,25). The third-order valence-corrected chi connectivity index (χ3v) is 3.94. The lowest BCUT2D eigenvalue weighted by atomic mass is 10.1. The van der Waals surface area contributed by atoms with Crippen molar-refractivity contribution in [1.29, 1.82) is 0 Å². The number of anilines is 1. The number of nitro groups is 1. The van der Waals surface area contributed by atoms with Gasteiger partial charge >= 0.3 is 0 Å². The van der Waals surface area contributed by atoms with Gasteiger partial charge in [-0.15, -0.1) is 0 Å². The lowest BCUT2D eigenvalue weighted by molar-refractivity contribution is -0.384. The monoisotopic (exact) mass is 385 g/mol. The van der Waals surface area contributed by atoms with Crippen LogP contribution in [0, 0.1) is 10.1 Å². The van der Waals surface area contributed by atoms with Crippen LogP contribution in [0.25, 0.3) is 0 Å². The zero-order valence-electron chi connectivity index (χ0n) is 15.6. The average Bonchev–Trinajstić information content (AvgIpc) is 2.69. The van der Waals surface area contributed by atoms with Crippen LogP contribution < -0.4 is 15.4 Å². The second-order valence-corrected chi connectivity index (χ2v) is 6.08. The Morgan fingerprint density at radius 2 is 1.79 bits per heavy atom. The molecule has 0 aliphatic carbocycles. The molecule has 0 aliphatic heterocycles. The van der Waals surface area contributed by atoms with Gasteiger partial charge in [0.05, 0.1) is 11.5 Å². The molecule has 0 atom stereocenters. The van der Waals surface area contributed by atoms with Gasteiger partial charge in [0.15, 0.2) is 5.78 Å². The van der Waals surface area contributed by atoms with E-state index < -0.39 is 4.92 Å². The van der Waals surface area contributed by atoms with E-state index in [0.29, 0.717) is 49.5 Å². The second-order valence-electron chi connectivity index (χ2n) is 6.08. The molecule has 8 nitrogen and oxygen atoms in total. The summed E-state index contributed by atoms with van der Waals surface area (Å²) >= 11 is 0. The number of nitrogens with one attached hydrogen (secondary N) is 2. The van der Waals surface area contributed by atoms with Crippen LogP contribution in [0.3, 0.4) is 0 Å². The van der Waals surface area contributed by atoms with Gasteiger partial charge in [-0.05, 0) is 43.7 Å². The molecule has 0 saturated heterocycles. The molecular formula is C20H23N3O5. The summed E-state index contributed by atoms with van der Waals surface area (Å²) in [4.78, 5) is 33.5. The minimum atomic E-state index is -0.450. The fraction of sp³-hybridized carbons (Fsp3) is 0.300. The maximum Gasteiger partial charge on any atom is 0.292 e. The number of benzene rings is 2. The van der Waals surface area contributed by atoms with Crippen molar-refractivity contribution >= 4 is 23.1 Å². The maximum atomic E-state index is 11.8. The average molecular weight is 385 g/mol. The molecule has 0 saturated carbocycles. The molecule has 0 aliphatic rings. The number of ketones is 1. The molecule has 2 aromatic carbocycles. The highest BCUT2D eigenvalue weighted by Crippen LogP contribution is 2.22. The maximum absolute atomic E-state index is 11.8. The summed E-state index contributed by atoms with van der Waals surface area (Å²) in [5, 5.41) is 16.6. The molecule has 2 N–H and O–H groups in total. The van der Waals surface area contributed by atoms with Crippen molar-refractivity contribution < 1.29 is 19.2 Å². The number of nitro benzene ring substituents is 1. The summed E-state index contributed by atoms with van der Waals surface area (Å²) in [5.41, 5.74) is 1.05. The molecule has 0 radical (unpaired) electrons. The molecule has 0 spiro atoms. The molecule has 148 valence electrons. The Morgan fingerprint density at radius 1 is 1.07 bits per heavy atom. The minimum Gasteiger partial charge on any atom is -0.494 e. The SMILES string of the molecule is CC(=O)c1ccc(OCCCC(=O)NCCNc2ccccc2[N+](=O)[O-])cc1. The first-order chi connectivity index (χ1) is 13.5. The second kappa shape index (κ2) is 10.7. The third kappa shape index (κ3) is 6.71. The van der Waals surface area contributed by atoms with Gasteiger partial charge in [-0.2, -0.15) is 0 Å². The zero-order valence-corrected chi connectivity index (χ0v) is 15.6. The number of hydrogen-bond donors (Lipinski definition) is 2.